The summed E-state index contributed by atoms with van der Waals surface area (Å²) in [6.07, 6.45) is 7.15. The first-order chi connectivity index (χ1) is 11.1. The van der Waals surface area contributed by atoms with Crippen LogP contribution in [0, 0.1) is 0 Å². The number of methoxy groups -OCH3 is 1. The third kappa shape index (κ3) is 3.01. The van der Waals surface area contributed by atoms with E-state index >= 15 is 0 Å². The Kier molecular flexibility index (Phi) is 4.74. The van der Waals surface area contributed by atoms with Crippen LogP contribution in [-0.2, 0) is 13.0 Å². The maximum atomic E-state index is 13.2. The van der Waals surface area contributed by atoms with Gasteiger partial charge in [0.25, 0.3) is 11.5 Å². The number of fused-ring (bicyclic) bond motifs is 1. The number of hydrogen-bond donors (Lipinski definition) is 0. The van der Waals surface area contributed by atoms with Crippen molar-refractivity contribution in [3.8, 4) is 5.75 Å². The second kappa shape index (κ2) is 6.77. The van der Waals surface area contributed by atoms with Gasteiger partial charge in [0.05, 0.1) is 7.11 Å². The Hall–Kier alpha value is -1.78. The van der Waals surface area contributed by atoms with Crippen LogP contribution < -0.4 is 10.3 Å². The van der Waals surface area contributed by atoms with Crippen molar-refractivity contribution in [3.63, 3.8) is 0 Å². The summed E-state index contributed by atoms with van der Waals surface area (Å²) >= 11 is 0. The van der Waals surface area contributed by atoms with Gasteiger partial charge in [0.15, 0.2) is 0 Å². The number of rotatable bonds is 2. The highest BCUT2D eigenvalue weighted by molar-refractivity contribution is 5.98. The predicted octanol–water partition coefficient (Wildman–Crippen LogP) is 2.60. The van der Waals surface area contributed by atoms with Gasteiger partial charge in [-0.2, -0.15) is 0 Å². The highest BCUT2D eigenvalue weighted by Gasteiger charge is 2.30. The standard InChI is InChI=1S/C18H26N2O3/c1-13-8-5-7-10-19(13)18(22)17-14-9-4-3-6-11-20(14)16(21)12-15(17)23-2/h12-13H,3-11H2,1-2H3. The summed E-state index contributed by atoms with van der Waals surface area (Å²) in [6, 6.07) is 1.73. The van der Waals surface area contributed by atoms with Crippen LogP contribution in [0.15, 0.2) is 10.9 Å². The molecule has 2 aliphatic heterocycles. The number of amides is 1. The molecule has 126 valence electrons. The molecule has 5 heteroatoms. The number of nitrogens with zero attached hydrogens (tertiary/aromatic N) is 2. The summed E-state index contributed by atoms with van der Waals surface area (Å²) in [4.78, 5) is 27.5. The van der Waals surface area contributed by atoms with E-state index in [2.05, 4.69) is 6.92 Å². The quantitative estimate of drug-likeness (QED) is 0.842. The molecule has 1 atom stereocenters. The van der Waals surface area contributed by atoms with Gasteiger partial charge in [0.2, 0.25) is 0 Å². The normalized spacial score (nSPS) is 21.5. The zero-order valence-electron chi connectivity index (χ0n) is 14.1. The van der Waals surface area contributed by atoms with Gasteiger partial charge in [0.1, 0.15) is 11.3 Å². The first kappa shape index (κ1) is 16.1. The van der Waals surface area contributed by atoms with Crippen LogP contribution in [-0.4, -0.2) is 35.1 Å². The molecular formula is C18H26N2O3. The average molecular weight is 318 g/mol. The second-order valence-electron chi connectivity index (χ2n) is 6.68. The molecule has 5 nitrogen and oxygen atoms in total. The number of likely N-dealkylation sites (tertiary alicyclic amines) is 1. The molecule has 1 unspecified atom stereocenters. The molecule has 0 aromatic carbocycles. The monoisotopic (exact) mass is 318 g/mol. The molecule has 0 N–H and O–H groups in total. The Morgan fingerprint density at radius 1 is 1.17 bits per heavy atom. The number of hydrogen-bond acceptors (Lipinski definition) is 3. The molecule has 0 aliphatic carbocycles. The van der Waals surface area contributed by atoms with Crippen molar-refractivity contribution in [3.05, 3.63) is 27.7 Å². The van der Waals surface area contributed by atoms with E-state index in [4.69, 9.17) is 4.74 Å². The number of pyridine rings is 1. The summed E-state index contributed by atoms with van der Waals surface area (Å²) < 4.78 is 7.21. The Morgan fingerprint density at radius 2 is 1.96 bits per heavy atom. The molecule has 3 heterocycles. The second-order valence-corrected chi connectivity index (χ2v) is 6.68. The van der Waals surface area contributed by atoms with E-state index in [1.807, 2.05) is 4.90 Å². The molecule has 0 bridgehead atoms. The van der Waals surface area contributed by atoms with Crippen LogP contribution >= 0.6 is 0 Å². The summed E-state index contributed by atoms with van der Waals surface area (Å²) in [7, 11) is 1.54. The van der Waals surface area contributed by atoms with Gasteiger partial charge in [-0.3, -0.25) is 9.59 Å². The lowest BCUT2D eigenvalue weighted by atomic mass is 10.00. The molecule has 0 radical (unpaired) electrons. The molecule has 1 aromatic rings. The minimum absolute atomic E-state index is 0.0275. The molecular weight excluding hydrogens is 292 g/mol. The van der Waals surface area contributed by atoms with Crippen LogP contribution in [0.5, 0.6) is 5.75 Å². The Bertz CT molecular complexity index is 650. The molecule has 0 saturated carbocycles. The van der Waals surface area contributed by atoms with E-state index in [1.165, 1.54) is 12.5 Å². The van der Waals surface area contributed by atoms with Crippen LogP contribution in [0.1, 0.15) is 61.5 Å². The molecule has 0 spiro atoms. The highest BCUT2D eigenvalue weighted by Crippen LogP contribution is 2.28. The SMILES string of the molecule is COc1cc(=O)n2c(c1C(=O)N1CCCCC1C)CCCCC2. The zero-order chi connectivity index (χ0) is 16.4. The van der Waals surface area contributed by atoms with Crippen LogP contribution in [0.3, 0.4) is 0 Å². The van der Waals surface area contributed by atoms with E-state index in [0.717, 1.165) is 50.8 Å². The van der Waals surface area contributed by atoms with E-state index in [-0.39, 0.29) is 17.5 Å². The van der Waals surface area contributed by atoms with Crippen molar-refractivity contribution in [2.75, 3.05) is 13.7 Å². The molecule has 1 amide bonds. The van der Waals surface area contributed by atoms with Crippen molar-refractivity contribution in [2.24, 2.45) is 0 Å². The van der Waals surface area contributed by atoms with Crippen molar-refractivity contribution in [2.45, 2.75) is 64.5 Å². The minimum Gasteiger partial charge on any atom is -0.496 e. The number of piperidine rings is 1. The van der Waals surface area contributed by atoms with E-state index in [1.54, 1.807) is 11.7 Å². The molecule has 2 aliphatic rings. The fourth-order valence-corrected chi connectivity index (χ4v) is 3.85. The summed E-state index contributed by atoms with van der Waals surface area (Å²) in [5.41, 5.74) is 1.43. The van der Waals surface area contributed by atoms with E-state index < -0.39 is 0 Å². The fourth-order valence-electron chi connectivity index (χ4n) is 3.85. The number of carbonyl (C=O) groups is 1. The molecule has 1 saturated heterocycles. The smallest absolute Gasteiger partial charge is 0.259 e. The first-order valence-electron chi connectivity index (χ1n) is 8.75. The lowest BCUT2D eigenvalue weighted by Crippen LogP contribution is -2.43. The van der Waals surface area contributed by atoms with Gasteiger partial charge in [-0.1, -0.05) is 6.42 Å². The van der Waals surface area contributed by atoms with Crippen molar-refractivity contribution in [1.29, 1.82) is 0 Å². The van der Waals surface area contributed by atoms with Crippen LogP contribution in [0.25, 0.3) is 0 Å². The Balaban J connectivity index is 2.09. The number of carbonyl (C=O) groups excluding carboxylic acids is 1. The Morgan fingerprint density at radius 3 is 2.70 bits per heavy atom. The molecule has 1 fully saturated rings. The van der Waals surface area contributed by atoms with Crippen molar-refractivity contribution >= 4 is 5.91 Å². The zero-order valence-corrected chi connectivity index (χ0v) is 14.1. The molecule has 3 rings (SSSR count). The van der Waals surface area contributed by atoms with Gasteiger partial charge in [-0.15, -0.1) is 0 Å². The third-order valence-electron chi connectivity index (χ3n) is 5.17. The lowest BCUT2D eigenvalue weighted by molar-refractivity contribution is 0.0629. The maximum Gasteiger partial charge on any atom is 0.259 e. The topological polar surface area (TPSA) is 51.5 Å². The fraction of sp³-hybridized carbons (Fsp3) is 0.667. The first-order valence-corrected chi connectivity index (χ1v) is 8.75. The van der Waals surface area contributed by atoms with E-state index in [9.17, 15) is 9.59 Å². The highest BCUT2D eigenvalue weighted by atomic mass is 16.5. The number of ether oxygens (including phenoxy) is 1. The van der Waals surface area contributed by atoms with Crippen molar-refractivity contribution in [1.82, 2.24) is 9.47 Å². The van der Waals surface area contributed by atoms with E-state index in [0.29, 0.717) is 17.9 Å². The van der Waals surface area contributed by atoms with Gasteiger partial charge >= 0.3 is 0 Å². The average Bonchev–Trinajstić information content (AvgIpc) is 2.81. The van der Waals surface area contributed by atoms with Gasteiger partial charge in [-0.05, 0) is 45.4 Å². The van der Waals surface area contributed by atoms with Crippen LogP contribution in [0.2, 0.25) is 0 Å². The van der Waals surface area contributed by atoms with Gasteiger partial charge in [-0.25, -0.2) is 0 Å². The summed E-state index contributed by atoms with van der Waals surface area (Å²) in [5, 5.41) is 0. The largest absolute Gasteiger partial charge is 0.496 e. The predicted molar refractivity (Wildman–Crippen MR) is 89.2 cm³/mol. The molecule has 23 heavy (non-hydrogen) atoms. The van der Waals surface area contributed by atoms with Crippen molar-refractivity contribution < 1.29 is 9.53 Å². The summed E-state index contributed by atoms with van der Waals surface area (Å²) in [6.45, 7) is 3.60. The molecule has 1 aromatic heterocycles. The lowest BCUT2D eigenvalue weighted by Gasteiger charge is -2.34. The minimum atomic E-state index is -0.0537. The summed E-state index contributed by atoms with van der Waals surface area (Å²) in [5.74, 6) is 0.464. The van der Waals surface area contributed by atoms with Gasteiger partial charge < -0.3 is 14.2 Å². The number of aromatic nitrogens is 1. The van der Waals surface area contributed by atoms with Crippen LogP contribution in [0.4, 0.5) is 0 Å². The van der Waals surface area contributed by atoms with Gasteiger partial charge in [0, 0.05) is 30.9 Å². The third-order valence-corrected chi connectivity index (χ3v) is 5.17. The Labute approximate surface area is 137 Å². The maximum absolute atomic E-state index is 13.2.